The topological polar surface area (TPSA) is 78.9 Å². The Morgan fingerprint density at radius 1 is 0.638 bits per heavy atom. The molecule has 0 aromatic rings. The van der Waals surface area contributed by atoms with E-state index in [1.165, 1.54) is 89.9 Å². The SMILES string of the molecule is C=CC(=O)OC1(C(=O)OCC(C)CCCCCCCCCC(C)C)CCCCC1C(=O)OCC(C)CCCCCCCCCC(C)C. The molecule has 0 radical (unpaired) electrons. The second-order valence-electron chi connectivity index (χ2n) is 15.6. The number of hydrogen-bond donors (Lipinski definition) is 0. The summed E-state index contributed by atoms with van der Waals surface area (Å²) < 4.78 is 17.3. The molecule has 0 heterocycles. The van der Waals surface area contributed by atoms with Crippen LogP contribution in [0.2, 0.25) is 0 Å². The van der Waals surface area contributed by atoms with Crippen molar-refractivity contribution in [1.29, 1.82) is 0 Å². The van der Waals surface area contributed by atoms with Crippen molar-refractivity contribution in [3.63, 3.8) is 0 Å². The summed E-state index contributed by atoms with van der Waals surface area (Å²) in [5, 5.41) is 0. The maximum absolute atomic E-state index is 13.6. The van der Waals surface area contributed by atoms with Gasteiger partial charge in [-0.05, 0) is 55.8 Å². The summed E-state index contributed by atoms with van der Waals surface area (Å²) >= 11 is 0. The van der Waals surface area contributed by atoms with Gasteiger partial charge in [-0.3, -0.25) is 4.79 Å². The summed E-state index contributed by atoms with van der Waals surface area (Å²) in [5.74, 6) is -0.659. The maximum Gasteiger partial charge on any atom is 0.351 e. The van der Waals surface area contributed by atoms with Gasteiger partial charge in [0.15, 0.2) is 0 Å². The van der Waals surface area contributed by atoms with Gasteiger partial charge in [0, 0.05) is 6.08 Å². The van der Waals surface area contributed by atoms with Crippen LogP contribution in [0.25, 0.3) is 0 Å². The van der Waals surface area contributed by atoms with Crippen LogP contribution in [0, 0.1) is 29.6 Å². The molecule has 0 bridgehead atoms. The third kappa shape index (κ3) is 19.7. The van der Waals surface area contributed by atoms with E-state index in [9.17, 15) is 14.4 Å². The number of rotatable bonds is 28. The number of esters is 3. The van der Waals surface area contributed by atoms with Crippen molar-refractivity contribution in [3.8, 4) is 0 Å². The lowest BCUT2D eigenvalue weighted by atomic mass is 9.75. The van der Waals surface area contributed by atoms with Gasteiger partial charge >= 0.3 is 17.9 Å². The van der Waals surface area contributed by atoms with Gasteiger partial charge in [0.25, 0.3) is 0 Å². The number of unbranched alkanes of at least 4 members (excludes halogenated alkanes) is 12. The number of carbonyl (C=O) groups is 3. The largest absolute Gasteiger partial charge is 0.465 e. The Morgan fingerprint density at radius 2 is 1.06 bits per heavy atom. The highest BCUT2D eigenvalue weighted by Crippen LogP contribution is 2.39. The Balaban J connectivity index is 2.51. The molecule has 274 valence electrons. The van der Waals surface area contributed by atoms with Crippen molar-refractivity contribution in [1.82, 2.24) is 0 Å². The fraction of sp³-hybridized carbons (Fsp3) is 0.878. The second-order valence-corrected chi connectivity index (χ2v) is 15.6. The Hall–Kier alpha value is -1.85. The van der Waals surface area contributed by atoms with Gasteiger partial charge in [-0.1, -0.05) is 157 Å². The average molecular weight is 663 g/mol. The van der Waals surface area contributed by atoms with Gasteiger partial charge in [0.1, 0.15) is 5.92 Å². The zero-order valence-corrected chi connectivity index (χ0v) is 31.6. The third-order valence-corrected chi connectivity index (χ3v) is 9.90. The molecule has 47 heavy (non-hydrogen) atoms. The molecule has 0 N–H and O–H groups in total. The molecule has 0 aliphatic heterocycles. The van der Waals surface area contributed by atoms with Gasteiger partial charge in [-0.15, -0.1) is 0 Å². The molecule has 0 spiro atoms. The van der Waals surface area contributed by atoms with E-state index in [1.807, 2.05) is 0 Å². The van der Waals surface area contributed by atoms with Gasteiger partial charge < -0.3 is 14.2 Å². The van der Waals surface area contributed by atoms with Crippen molar-refractivity contribution in [2.24, 2.45) is 29.6 Å². The Kier molecular flexibility index (Phi) is 23.9. The van der Waals surface area contributed by atoms with Gasteiger partial charge in [0.2, 0.25) is 5.60 Å². The van der Waals surface area contributed by atoms with E-state index in [0.29, 0.717) is 19.4 Å². The molecular weight excluding hydrogens is 588 g/mol. The predicted octanol–water partition coefficient (Wildman–Crippen LogP) is 11.3. The average Bonchev–Trinajstić information content (AvgIpc) is 3.04. The first-order valence-electron chi connectivity index (χ1n) is 19.7. The number of carbonyl (C=O) groups excluding carboxylic acids is 3. The van der Waals surface area contributed by atoms with E-state index in [2.05, 4.69) is 48.1 Å². The molecule has 0 amide bonds. The van der Waals surface area contributed by atoms with Gasteiger partial charge in [0.05, 0.1) is 13.2 Å². The van der Waals surface area contributed by atoms with Crippen LogP contribution in [0.15, 0.2) is 12.7 Å². The van der Waals surface area contributed by atoms with Crippen LogP contribution in [0.3, 0.4) is 0 Å². The van der Waals surface area contributed by atoms with Crippen molar-refractivity contribution in [3.05, 3.63) is 12.7 Å². The lowest BCUT2D eigenvalue weighted by molar-refractivity contribution is -0.199. The standard InChI is InChI=1S/C41H74O6/c1-8-38(42)47-41(40(44)46-32-36(7)28-22-18-14-10-12-16-20-26-34(4)5)30-24-23-29-37(41)39(43)45-31-35(6)27-21-17-13-9-11-15-19-25-33(2)3/h8,33-37H,1,9-32H2,2-7H3. The molecule has 0 aromatic carbocycles. The zero-order valence-electron chi connectivity index (χ0n) is 31.6. The maximum atomic E-state index is 13.6. The number of hydrogen-bond acceptors (Lipinski definition) is 6. The van der Waals surface area contributed by atoms with Crippen LogP contribution in [0.1, 0.15) is 183 Å². The third-order valence-electron chi connectivity index (χ3n) is 9.90. The molecule has 1 saturated carbocycles. The molecule has 1 fully saturated rings. The van der Waals surface area contributed by atoms with Crippen molar-refractivity contribution >= 4 is 17.9 Å². The van der Waals surface area contributed by atoms with Crippen molar-refractivity contribution in [2.75, 3.05) is 13.2 Å². The molecule has 1 aliphatic carbocycles. The molecule has 0 aromatic heterocycles. The first-order chi connectivity index (χ1) is 22.5. The lowest BCUT2D eigenvalue weighted by Crippen LogP contribution is -2.55. The second kappa shape index (κ2) is 26.1. The zero-order chi connectivity index (χ0) is 34.9. The number of ether oxygens (including phenoxy) is 3. The minimum absolute atomic E-state index is 0.192. The molecule has 4 unspecified atom stereocenters. The van der Waals surface area contributed by atoms with E-state index in [-0.39, 0.29) is 24.9 Å². The van der Waals surface area contributed by atoms with Crippen LogP contribution >= 0.6 is 0 Å². The fourth-order valence-corrected chi connectivity index (χ4v) is 6.77. The lowest BCUT2D eigenvalue weighted by Gasteiger charge is -2.39. The van der Waals surface area contributed by atoms with E-state index in [4.69, 9.17) is 14.2 Å². The molecular formula is C41H74O6. The highest BCUT2D eigenvalue weighted by atomic mass is 16.6. The van der Waals surface area contributed by atoms with Gasteiger partial charge in [-0.2, -0.15) is 0 Å². The van der Waals surface area contributed by atoms with Crippen LogP contribution in [0.4, 0.5) is 0 Å². The summed E-state index contributed by atoms with van der Waals surface area (Å²) in [5.41, 5.74) is -1.66. The minimum Gasteiger partial charge on any atom is -0.465 e. The fourth-order valence-electron chi connectivity index (χ4n) is 6.77. The summed E-state index contributed by atoms with van der Waals surface area (Å²) in [7, 11) is 0. The van der Waals surface area contributed by atoms with Crippen LogP contribution in [0.5, 0.6) is 0 Å². The van der Waals surface area contributed by atoms with Crippen LogP contribution in [-0.2, 0) is 28.6 Å². The molecule has 6 heteroatoms. The van der Waals surface area contributed by atoms with E-state index in [1.54, 1.807) is 0 Å². The van der Waals surface area contributed by atoms with Crippen molar-refractivity contribution < 1.29 is 28.6 Å². The molecule has 0 saturated heterocycles. The predicted molar refractivity (Wildman–Crippen MR) is 194 cm³/mol. The summed E-state index contributed by atoms with van der Waals surface area (Å²) in [6.45, 7) is 17.4. The summed E-state index contributed by atoms with van der Waals surface area (Å²) in [6.07, 6.45) is 25.5. The Morgan fingerprint density at radius 3 is 1.51 bits per heavy atom. The van der Waals surface area contributed by atoms with Crippen LogP contribution in [-0.4, -0.2) is 36.7 Å². The first-order valence-corrected chi connectivity index (χ1v) is 19.7. The molecule has 1 aliphatic rings. The summed E-state index contributed by atoms with van der Waals surface area (Å²) in [6, 6.07) is 0. The minimum atomic E-state index is -1.66. The van der Waals surface area contributed by atoms with Crippen molar-refractivity contribution in [2.45, 2.75) is 188 Å². The smallest absolute Gasteiger partial charge is 0.351 e. The van der Waals surface area contributed by atoms with E-state index >= 15 is 0 Å². The monoisotopic (exact) mass is 663 g/mol. The molecule has 4 atom stereocenters. The molecule has 1 rings (SSSR count). The normalized spacial score (nSPS) is 19.4. The Labute approximate surface area is 289 Å². The summed E-state index contributed by atoms with van der Waals surface area (Å²) in [4.78, 5) is 39.5. The highest BCUT2D eigenvalue weighted by molar-refractivity contribution is 5.92. The van der Waals surface area contributed by atoms with Gasteiger partial charge in [-0.25, -0.2) is 9.59 Å². The van der Waals surface area contributed by atoms with Crippen LogP contribution < -0.4 is 0 Å². The molecule has 6 nitrogen and oxygen atoms in total. The van der Waals surface area contributed by atoms with E-state index in [0.717, 1.165) is 50.0 Å². The van der Waals surface area contributed by atoms with E-state index < -0.39 is 29.4 Å². The highest BCUT2D eigenvalue weighted by Gasteiger charge is 2.55. The quantitative estimate of drug-likeness (QED) is 0.0359. The first kappa shape index (κ1) is 43.2. The Bertz CT molecular complexity index is 851.